The fourth-order valence-corrected chi connectivity index (χ4v) is 3.67. The first kappa shape index (κ1) is 12.1. The van der Waals surface area contributed by atoms with E-state index in [9.17, 15) is 4.79 Å². The van der Waals surface area contributed by atoms with Crippen molar-refractivity contribution in [1.82, 2.24) is 5.32 Å². The number of carbonyl (C=O) groups excluding carboxylic acids is 1. The molecule has 0 aliphatic carbocycles. The van der Waals surface area contributed by atoms with Crippen molar-refractivity contribution in [3.05, 3.63) is 23.8 Å². The number of anilines is 1. The van der Waals surface area contributed by atoms with Crippen molar-refractivity contribution in [1.29, 1.82) is 0 Å². The van der Waals surface area contributed by atoms with Crippen LogP contribution < -0.4 is 10.2 Å². The summed E-state index contributed by atoms with van der Waals surface area (Å²) >= 11 is 1.67. The van der Waals surface area contributed by atoms with E-state index in [1.165, 1.54) is 16.9 Å². The highest BCUT2D eigenvalue weighted by Gasteiger charge is 2.28. The quantitative estimate of drug-likeness (QED) is 0.885. The monoisotopic (exact) mass is 262 g/mol. The highest BCUT2D eigenvalue weighted by atomic mass is 32.2. The number of benzene rings is 1. The number of aryl methyl sites for hydroxylation is 1. The Balaban J connectivity index is 1.86. The van der Waals surface area contributed by atoms with E-state index >= 15 is 0 Å². The molecule has 0 bridgehead atoms. The van der Waals surface area contributed by atoms with Gasteiger partial charge in [-0.15, -0.1) is 11.8 Å². The largest absolute Gasteiger partial charge is 0.316 e. The Morgan fingerprint density at radius 3 is 3.17 bits per heavy atom. The number of hydrogen-bond donors (Lipinski definition) is 1. The number of fused-ring (bicyclic) bond motifs is 1. The van der Waals surface area contributed by atoms with Gasteiger partial charge in [-0.1, -0.05) is 6.07 Å². The van der Waals surface area contributed by atoms with Gasteiger partial charge in [-0.05, 0) is 50.0 Å². The minimum Gasteiger partial charge on any atom is -0.316 e. The molecule has 2 aliphatic rings. The van der Waals surface area contributed by atoms with Gasteiger partial charge in [0.1, 0.15) is 0 Å². The Hall–Kier alpha value is -1.00. The molecular weight excluding hydrogens is 244 g/mol. The zero-order chi connectivity index (χ0) is 12.5. The molecule has 18 heavy (non-hydrogen) atoms. The smallest absolute Gasteiger partial charge is 0.237 e. The molecule has 1 fully saturated rings. The van der Waals surface area contributed by atoms with Crippen molar-refractivity contribution >= 4 is 23.4 Å². The number of nitrogens with zero attached hydrogens (tertiary/aromatic N) is 1. The van der Waals surface area contributed by atoms with Gasteiger partial charge in [0.25, 0.3) is 0 Å². The Bertz CT molecular complexity index is 469. The van der Waals surface area contributed by atoms with Gasteiger partial charge in [0.2, 0.25) is 5.91 Å². The Morgan fingerprint density at radius 2 is 2.39 bits per heavy atom. The minimum absolute atomic E-state index is 0.253. The zero-order valence-electron chi connectivity index (χ0n) is 10.6. The second kappa shape index (κ2) is 4.94. The van der Waals surface area contributed by atoms with E-state index in [0.29, 0.717) is 11.7 Å². The molecule has 1 unspecified atom stereocenters. The summed E-state index contributed by atoms with van der Waals surface area (Å²) in [7, 11) is 0. The molecule has 4 heteroatoms. The van der Waals surface area contributed by atoms with Crippen LogP contribution in [0.1, 0.15) is 12.0 Å². The fourth-order valence-electron chi connectivity index (χ4n) is 2.64. The standard InChI is InChI=1S/C14H18N2OS/c1-10-2-3-12-13(6-10)18-9-14(17)16(12)8-11-4-5-15-7-11/h2-3,6,11,15H,4-5,7-9H2,1H3. The van der Waals surface area contributed by atoms with Gasteiger partial charge in [-0.3, -0.25) is 4.79 Å². The van der Waals surface area contributed by atoms with E-state index in [1.807, 2.05) is 4.90 Å². The molecule has 3 nitrogen and oxygen atoms in total. The summed E-state index contributed by atoms with van der Waals surface area (Å²) in [6.45, 7) is 5.09. The van der Waals surface area contributed by atoms with Crippen molar-refractivity contribution in [2.75, 3.05) is 30.3 Å². The van der Waals surface area contributed by atoms with E-state index in [0.717, 1.165) is 25.3 Å². The van der Waals surface area contributed by atoms with E-state index in [4.69, 9.17) is 0 Å². The lowest BCUT2D eigenvalue weighted by molar-refractivity contribution is -0.116. The molecular formula is C14H18N2OS. The van der Waals surface area contributed by atoms with Crippen molar-refractivity contribution in [2.45, 2.75) is 18.2 Å². The lowest BCUT2D eigenvalue weighted by Crippen LogP contribution is -2.39. The van der Waals surface area contributed by atoms with E-state index in [-0.39, 0.29) is 5.91 Å². The number of carbonyl (C=O) groups is 1. The van der Waals surface area contributed by atoms with Crippen molar-refractivity contribution < 1.29 is 4.79 Å². The summed E-state index contributed by atoms with van der Waals surface area (Å²) in [5.41, 5.74) is 2.37. The maximum absolute atomic E-state index is 12.1. The summed E-state index contributed by atoms with van der Waals surface area (Å²) in [5.74, 6) is 1.44. The molecule has 1 saturated heterocycles. The third-order valence-corrected chi connectivity index (χ3v) is 4.69. The normalized spacial score (nSPS) is 23.3. The molecule has 2 heterocycles. The Kier molecular flexibility index (Phi) is 3.31. The molecule has 1 atom stereocenters. The average Bonchev–Trinajstić information content (AvgIpc) is 2.86. The molecule has 1 N–H and O–H groups in total. The molecule has 0 saturated carbocycles. The summed E-state index contributed by atoms with van der Waals surface area (Å²) in [4.78, 5) is 15.4. The van der Waals surface area contributed by atoms with Crippen LogP contribution in [0.3, 0.4) is 0 Å². The van der Waals surface area contributed by atoms with Crippen LogP contribution in [-0.4, -0.2) is 31.3 Å². The minimum atomic E-state index is 0.253. The highest BCUT2D eigenvalue weighted by Crippen LogP contribution is 2.36. The van der Waals surface area contributed by atoms with Gasteiger partial charge < -0.3 is 10.2 Å². The van der Waals surface area contributed by atoms with Gasteiger partial charge in [0.15, 0.2) is 0 Å². The zero-order valence-corrected chi connectivity index (χ0v) is 11.4. The van der Waals surface area contributed by atoms with Gasteiger partial charge in [0.05, 0.1) is 11.4 Å². The van der Waals surface area contributed by atoms with E-state index in [1.54, 1.807) is 11.8 Å². The Labute approximate surface area is 112 Å². The van der Waals surface area contributed by atoms with Crippen LogP contribution in [-0.2, 0) is 4.79 Å². The summed E-state index contributed by atoms with van der Waals surface area (Å²) in [6.07, 6.45) is 1.18. The van der Waals surface area contributed by atoms with Crippen molar-refractivity contribution in [3.63, 3.8) is 0 Å². The number of hydrogen-bond acceptors (Lipinski definition) is 3. The van der Waals surface area contributed by atoms with Crippen LogP contribution in [0.25, 0.3) is 0 Å². The first-order valence-electron chi connectivity index (χ1n) is 6.48. The second-order valence-electron chi connectivity index (χ2n) is 5.12. The van der Waals surface area contributed by atoms with Crippen molar-refractivity contribution in [2.24, 2.45) is 5.92 Å². The van der Waals surface area contributed by atoms with E-state index in [2.05, 4.69) is 30.4 Å². The van der Waals surface area contributed by atoms with Crippen LogP contribution in [0.15, 0.2) is 23.1 Å². The van der Waals surface area contributed by atoms with Crippen LogP contribution in [0.5, 0.6) is 0 Å². The molecule has 1 aromatic rings. The topological polar surface area (TPSA) is 32.3 Å². The van der Waals surface area contributed by atoms with Gasteiger partial charge in [0, 0.05) is 11.4 Å². The predicted molar refractivity (Wildman–Crippen MR) is 75.2 cm³/mol. The SMILES string of the molecule is Cc1ccc2c(c1)SCC(=O)N2CC1CCNC1. The molecule has 0 radical (unpaired) electrons. The van der Waals surface area contributed by atoms with Crippen LogP contribution in [0.2, 0.25) is 0 Å². The maximum atomic E-state index is 12.1. The second-order valence-corrected chi connectivity index (χ2v) is 6.14. The van der Waals surface area contributed by atoms with Crippen LogP contribution in [0.4, 0.5) is 5.69 Å². The molecule has 0 aromatic heterocycles. The molecule has 1 amide bonds. The van der Waals surface area contributed by atoms with E-state index < -0.39 is 0 Å². The molecule has 0 spiro atoms. The lowest BCUT2D eigenvalue weighted by atomic mass is 10.1. The first-order chi connectivity index (χ1) is 8.74. The van der Waals surface area contributed by atoms with Crippen LogP contribution in [0, 0.1) is 12.8 Å². The number of rotatable bonds is 2. The molecule has 96 valence electrons. The number of nitrogens with one attached hydrogen (secondary N) is 1. The number of amides is 1. The highest BCUT2D eigenvalue weighted by molar-refractivity contribution is 8.00. The third-order valence-electron chi connectivity index (χ3n) is 3.66. The van der Waals surface area contributed by atoms with Gasteiger partial charge >= 0.3 is 0 Å². The van der Waals surface area contributed by atoms with Crippen molar-refractivity contribution in [3.8, 4) is 0 Å². The summed E-state index contributed by atoms with van der Waals surface area (Å²) < 4.78 is 0. The fraction of sp³-hybridized carbons (Fsp3) is 0.500. The number of thioether (sulfide) groups is 1. The summed E-state index contributed by atoms with van der Waals surface area (Å²) in [5, 5.41) is 3.37. The van der Waals surface area contributed by atoms with Crippen LogP contribution >= 0.6 is 11.8 Å². The molecule has 1 aromatic carbocycles. The summed E-state index contributed by atoms with van der Waals surface area (Å²) in [6, 6.07) is 6.38. The molecule has 2 aliphatic heterocycles. The predicted octanol–water partition coefficient (Wildman–Crippen LogP) is 2.04. The average molecular weight is 262 g/mol. The molecule has 3 rings (SSSR count). The van der Waals surface area contributed by atoms with Gasteiger partial charge in [-0.25, -0.2) is 0 Å². The Morgan fingerprint density at radius 1 is 1.50 bits per heavy atom. The third kappa shape index (κ3) is 2.27. The van der Waals surface area contributed by atoms with Gasteiger partial charge in [-0.2, -0.15) is 0 Å². The maximum Gasteiger partial charge on any atom is 0.237 e. The lowest BCUT2D eigenvalue weighted by Gasteiger charge is -2.31. The first-order valence-corrected chi connectivity index (χ1v) is 7.47.